The second-order valence-corrected chi connectivity index (χ2v) is 6.67. The molecule has 3 aromatic rings. The number of aromatic nitrogens is 2. The lowest BCUT2D eigenvalue weighted by atomic mass is 10.1. The molecule has 0 saturated carbocycles. The molecule has 0 radical (unpaired) electrons. The molecule has 0 saturated heterocycles. The Labute approximate surface area is 161 Å². The van der Waals surface area contributed by atoms with Gasteiger partial charge in [0.2, 0.25) is 0 Å². The second-order valence-electron chi connectivity index (χ2n) is 6.67. The van der Waals surface area contributed by atoms with Gasteiger partial charge in [-0.1, -0.05) is 49.2 Å². The highest BCUT2D eigenvalue weighted by molar-refractivity contribution is 6.21. The van der Waals surface area contributed by atoms with Crippen LogP contribution >= 0.6 is 0 Å². The van der Waals surface area contributed by atoms with Crippen molar-refractivity contribution in [1.82, 2.24) is 14.8 Å². The molecule has 0 unspecified atom stereocenters. The van der Waals surface area contributed by atoms with Crippen LogP contribution in [0.15, 0.2) is 60.8 Å². The smallest absolute Gasteiger partial charge is 0.324 e. The largest absolute Gasteiger partial charge is 0.367 e. The van der Waals surface area contributed by atoms with E-state index in [0.29, 0.717) is 10.8 Å². The van der Waals surface area contributed by atoms with Gasteiger partial charge in [-0.3, -0.25) is 9.59 Å². The maximum atomic E-state index is 12.8. The zero-order valence-electron chi connectivity index (χ0n) is 15.3. The Morgan fingerprint density at radius 1 is 0.929 bits per heavy atom. The summed E-state index contributed by atoms with van der Waals surface area (Å²) in [7, 11) is 0. The van der Waals surface area contributed by atoms with Crippen LogP contribution in [0.1, 0.15) is 56.5 Å². The third-order valence-electron chi connectivity index (χ3n) is 4.50. The van der Waals surface area contributed by atoms with Gasteiger partial charge in [-0.05, 0) is 30.2 Å². The topological polar surface area (TPSA) is 81.5 Å². The first-order chi connectivity index (χ1) is 13.5. The van der Waals surface area contributed by atoms with E-state index < -0.39 is 17.8 Å². The van der Waals surface area contributed by atoms with Gasteiger partial charge in [-0.25, -0.2) is 9.48 Å². The maximum absolute atomic E-state index is 12.8. The molecular formula is C21H17N3O4. The minimum atomic E-state index is -0.805. The average molecular weight is 375 g/mol. The van der Waals surface area contributed by atoms with Gasteiger partial charge in [0.25, 0.3) is 11.8 Å². The van der Waals surface area contributed by atoms with E-state index in [1.807, 2.05) is 44.2 Å². The van der Waals surface area contributed by atoms with Crippen molar-refractivity contribution < 1.29 is 19.2 Å². The molecule has 2 heterocycles. The van der Waals surface area contributed by atoms with Crippen LogP contribution < -0.4 is 0 Å². The van der Waals surface area contributed by atoms with Gasteiger partial charge in [0.1, 0.15) is 5.56 Å². The van der Waals surface area contributed by atoms with E-state index in [0.717, 1.165) is 5.69 Å². The van der Waals surface area contributed by atoms with Gasteiger partial charge < -0.3 is 4.84 Å². The molecule has 0 atom stereocenters. The van der Waals surface area contributed by atoms with Crippen molar-refractivity contribution >= 4 is 17.8 Å². The lowest BCUT2D eigenvalue weighted by Gasteiger charge is -2.15. The SMILES string of the molecule is CC(C)c1c(C(=O)ON2C(=O)c3ccccc3C2=O)cnn1-c1ccccc1. The van der Waals surface area contributed by atoms with E-state index in [-0.39, 0.29) is 22.6 Å². The minimum absolute atomic E-state index is 0.0487. The summed E-state index contributed by atoms with van der Waals surface area (Å²) in [6.07, 6.45) is 1.39. The molecule has 28 heavy (non-hydrogen) atoms. The fourth-order valence-electron chi connectivity index (χ4n) is 3.23. The Hall–Kier alpha value is -3.74. The predicted octanol–water partition coefficient (Wildman–Crippen LogP) is 3.36. The molecule has 1 aliphatic rings. The van der Waals surface area contributed by atoms with Gasteiger partial charge in [-0.15, -0.1) is 0 Å². The quantitative estimate of drug-likeness (QED) is 0.653. The molecule has 0 aliphatic carbocycles. The highest BCUT2D eigenvalue weighted by Crippen LogP contribution is 2.26. The van der Waals surface area contributed by atoms with Crippen molar-refractivity contribution in [2.45, 2.75) is 19.8 Å². The number of fused-ring (bicyclic) bond motifs is 1. The molecular weight excluding hydrogens is 358 g/mol. The van der Waals surface area contributed by atoms with Crippen LogP contribution in [0.4, 0.5) is 0 Å². The van der Waals surface area contributed by atoms with E-state index in [9.17, 15) is 14.4 Å². The zero-order chi connectivity index (χ0) is 19.8. The van der Waals surface area contributed by atoms with Gasteiger partial charge in [0.15, 0.2) is 0 Å². The number of hydrogen-bond donors (Lipinski definition) is 0. The van der Waals surface area contributed by atoms with E-state index in [2.05, 4.69) is 5.10 Å². The molecule has 1 aliphatic heterocycles. The van der Waals surface area contributed by atoms with Crippen LogP contribution in [-0.2, 0) is 4.84 Å². The third kappa shape index (κ3) is 2.77. The highest BCUT2D eigenvalue weighted by atomic mass is 16.7. The first-order valence-electron chi connectivity index (χ1n) is 8.82. The lowest BCUT2D eigenvalue weighted by molar-refractivity contribution is -0.0585. The van der Waals surface area contributed by atoms with E-state index in [4.69, 9.17) is 4.84 Å². The standard InChI is InChI=1S/C21H17N3O4/c1-13(2)18-17(12-22-23(18)14-8-4-3-5-9-14)21(27)28-24-19(25)15-10-6-7-11-16(15)20(24)26/h3-13H,1-2H3. The summed E-state index contributed by atoms with van der Waals surface area (Å²) in [6.45, 7) is 3.85. The van der Waals surface area contributed by atoms with Crippen LogP contribution in [0.2, 0.25) is 0 Å². The van der Waals surface area contributed by atoms with Crippen LogP contribution in [-0.4, -0.2) is 32.6 Å². The molecule has 2 amide bonds. The Bertz CT molecular complexity index is 1050. The molecule has 2 aromatic carbocycles. The van der Waals surface area contributed by atoms with Gasteiger partial charge >= 0.3 is 5.97 Å². The summed E-state index contributed by atoms with van der Waals surface area (Å²) in [5, 5.41) is 4.82. The summed E-state index contributed by atoms with van der Waals surface area (Å²) in [6, 6.07) is 15.7. The van der Waals surface area contributed by atoms with Gasteiger partial charge in [-0.2, -0.15) is 5.10 Å². The third-order valence-corrected chi connectivity index (χ3v) is 4.50. The zero-order valence-corrected chi connectivity index (χ0v) is 15.3. The molecule has 4 rings (SSSR count). The van der Waals surface area contributed by atoms with Crippen molar-refractivity contribution in [2.24, 2.45) is 0 Å². The van der Waals surface area contributed by atoms with Crippen molar-refractivity contribution in [1.29, 1.82) is 0 Å². The number of amides is 2. The molecule has 140 valence electrons. The molecule has 0 bridgehead atoms. The fourth-order valence-corrected chi connectivity index (χ4v) is 3.23. The fraction of sp³-hybridized carbons (Fsp3) is 0.143. The number of hydroxylamine groups is 2. The molecule has 7 heteroatoms. The summed E-state index contributed by atoms with van der Waals surface area (Å²) >= 11 is 0. The highest BCUT2D eigenvalue weighted by Gasteiger charge is 2.39. The Morgan fingerprint density at radius 3 is 2.07 bits per heavy atom. The predicted molar refractivity (Wildman–Crippen MR) is 100 cm³/mol. The average Bonchev–Trinajstić information content (AvgIpc) is 3.25. The Kier molecular flexibility index (Phi) is 4.27. The first kappa shape index (κ1) is 17.7. The molecule has 0 spiro atoms. The van der Waals surface area contributed by atoms with Crippen molar-refractivity contribution in [3.05, 3.63) is 83.2 Å². The number of carbonyl (C=O) groups is 3. The van der Waals surface area contributed by atoms with Crippen LogP contribution in [0.3, 0.4) is 0 Å². The number of rotatable bonds is 4. The summed E-state index contributed by atoms with van der Waals surface area (Å²) in [5.41, 5.74) is 2.06. The summed E-state index contributed by atoms with van der Waals surface area (Å²) in [5.74, 6) is -2.17. The summed E-state index contributed by atoms with van der Waals surface area (Å²) in [4.78, 5) is 42.8. The molecule has 7 nitrogen and oxygen atoms in total. The second kappa shape index (κ2) is 6.77. The minimum Gasteiger partial charge on any atom is -0.324 e. The normalized spacial score (nSPS) is 13.2. The first-order valence-corrected chi connectivity index (χ1v) is 8.82. The number of carbonyl (C=O) groups excluding carboxylic acids is 3. The van der Waals surface area contributed by atoms with E-state index >= 15 is 0 Å². The summed E-state index contributed by atoms with van der Waals surface area (Å²) < 4.78 is 1.66. The Morgan fingerprint density at radius 2 is 1.50 bits per heavy atom. The van der Waals surface area contributed by atoms with Crippen LogP contribution in [0.25, 0.3) is 5.69 Å². The van der Waals surface area contributed by atoms with Gasteiger partial charge in [0, 0.05) is 0 Å². The van der Waals surface area contributed by atoms with Gasteiger partial charge in [0.05, 0.1) is 28.7 Å². The monoisotopic (exact) mass is 375 g/mol. The van der Waals surface area contributed by atoms with E-state index in [1.54, 1.807) is 16.8 Å². The van der Waals surface area contributed by atoms with E-state index in [1.165, 1.54) is 18.3 Å². The van der Waals surface area contributed by atoms with Crippen molar-refractivity contribution in [3.8, 4) is 5.69 Å². The molecule has 0 fully saturated rings. The molecule has 1 aromatic heterocycles. The lowest BCUT2D eigenvalue weighted by Crippen LogP contribution is -2.33. The number of para-hydroxylation sites is 1. The number of benzene rings is 2. The van der Waals surface area contributed by atoms with Crippen LogP contribution in [0.5, 0.6) is 0 Å². The Balaban J connectivity index is 1.66. The number of nitrogens with zero attached hydrogens (tertiary/aromatic N) is 3. The van der Waals surface area contributed by atoms with Crippen LogP contribution in [0, 0.1) is 0 Å². The molecule has 0 N–H and O–H groups in total. The number of imide groups is 1. The number of hydrogen-bond acceptors (Lipinski definition) is 5. The van der Waals surface area contributed by atoms with Crippen molar-refractivity contribution in [3.63, 3.8) is 0 Å². The maximum Gasteiger partial charge on any atom is 0.367 e. The van der Waals surface area contributed by atoms with Crippen molar-refractivity contribution in [2.75, 3.05) is 0 Å².